The Labute approximate surface area is 165 Å². The average molecular weight is 394 g/mol. The standard InChI is InChI=1S/C21H16ClN3O3/c1-13-2-7-18-16(10-13)17(26)11-19(28-18)21(27)24-20-8-9-23-25(20)12-14-3-5-15(22)6-4-14/h2-11H,12H2,1H3,(H,24,27). The van der Waals surface area contributed by atoms with Crippen LogP contribution in [0.4, 0.5) is 5.82 Å². The van der Waals surface area contributed by atoms with Crippen molar-refractivity contribution in [1.82, 2.24) is 9.78 Å². The number of carbonyl (C=O) groups is 1. The molecule has 2 heterocycles. The van der Waals surface area contributed by atoms with Crippen molar-refractivity contribution in [3.8, 4) is 0 Å². The number of aryl methyl sites for hydroxylation is 1. The van der Waals surface area contributed by atoms with Gasteiger partial charge in [0.2, 0.25) is 0 Å². The molecule has 0 bridgehead atoms. The van der Waals surface area contributed by atoms with Gasteiger partial charge in [0.25, 0.3) is 5.91 Å². The van der Waals surface area contributed by atoms with Gasteiger partial charge in [-0.25, -0.2) is 4.68 Å². The highest BCUT2D eigenvalue weighted by Crippen LogP contribution is 2.17. The lowest BCUT2D eigenvalue weighted by molar-refractivity contribution is 0.0996. The number of amides is 1. The van der Waals surface area contributed by atoms with Crippen molar-refractivity contribution in [2.45, 2.75) is 13.5 Å². The molecule has 0 aliphatic heterocycles. The van der Waals surface area contributed by atoms with Crippen LogP contribution in [0.1, 0.15) is 21.7 Å². The third kappa shape index (κ3) is 3.68. The number of nitrogens with one attached hydrogen (secondary N) is 1. The summed E-state index contributed by atoms with van der Waals surface area (Å²) in [5.74, 6) is -0.0790. The van der Waals surface area contributed by atoms with Gasteiger partial charge in [0.05, 0.1) is 18.1 Å². The third-order valence-corrected chi connectivity index (χ3v) is 4.56. The molecule has 0 spiro atoms. The molecule has 4 rings (SSSR count). The maximum absolute atomic E-state index is 12.6. The fourth-order valence-electron chi connectivity index (χ4n) is 2.89. The van der Waals surface area contributed by atoms with Gasteiger partial charge in [-0.3, -0.25) is 9.59 Å². The van der Waals surface area contributed by atoms with Crippen LogP contribution >= 0.6 is 11.6 Å². The quantitative estimate of drug-likeness (QED) is 0.562. The van der Waals surface area contributed by atoms with Crippen molar-refractivity contribution < 1.29 is 9.21 Å². The fraction of sp³-hybridized carbons (Fsp3) is 0.0952. The Balaban J connectivity index is 1.58. The van der Waals surface area contributed by atoms with E-state index in [1.165, 1.54) is 6.07 Å². The third-order valence-electron chi connectivity index (χ3n) is 4.31. The first-order valence-corrected chi connectivity index (χ1v) is 8.99. The zero-order valence-corrected chi connectivity index (χ0v) is 15.7. The zero-order valence-electron chi connectivity index (χ0n) is 15.0. The van der Waals surface area contributed by atoms with Crippen LogP contribution in [-0.4, -0.2) is 15.7 Å². The summed E-state index contributed by atoms with van der Waals surface area (Å²) in [4.78, 5) is 24.9. The van der Waals surface area contributed by atoms with Crippen molar-refractivity contribution in [3.05, 3.63) is 92.9 Å². The molecule has 28 heavy (non-hydrogen) atoms. The highest BCUT2D eigenvalue weighted by atomic mass is 35.5. The number of nitrogens with zero attached hydrogens (tertiary/aromatic N) is 2. The van der Waals surface area contributed by atoms with Crippen LogP contribution in [0.2, 0.25) is 5.02 Å². The number of aromatic nitrogens is 2. The molecule has 2 aromatic heterocycles. The van der Waals surface area contributed by atoms with E-state index in [4.69, 9.17) is 16.0 Å². The van der Waals surface area contributed by atoms with E-state index >= 15 is 0 Å². The van der Waals surface area contributed by atoms with Gasteiger partial charge >= 0.3 is 0 Å². The summed E-state index contributed by atoms with van der Waals surface area (Å²) < 4.78 is 7.27. The number of hydrogen-bond acceptors (Lipinski definition) is 4. The molecular formula is C21H16ClN3O3. The molecule has 0 aliphatic rings. The Kier molecular flexibility index (Phi) is 4.71. The lowest BCUT2D eigenvalue weighted by Crippen LogP contribution is -2.18. The second kappa shape index (κ2) is 7.32. The molecule has 1 amide bonds. The highest BCUT2D eigenvalue weighted by molar-refractivity contribution is 6.30. The summed E-state index contributed by atoms with van der Waals surface area (Å²) in [6.45, 7) is 2.35. The Morgan fingerprint density at radius 2 is 1.93 bits per heavy atom. The molecular weight excluding hydrogens is 378 g/mol. The normalized spacial score (nSPS) is 10.9. The maximum atomic E-state index is 12.6. The van der Waals surface area contributed by atoms with Gasteiger partial charge in [-0.15, -0.1) is 0 Å². The Morgan fingerprint density at radius 1 is 1.14 bits per heavy atom. The molecule has 1 N–H and O–H groups in total. The van der Waals surface area contributed by atoms with Crippen molar-refractivity contribution >= 4 is 34.3 Å². The summed E-state index contributed by atoms with van der Waals surface area (Å²) in [6.07, 6.45) is 1.59. The van der Waals surface area contributed by atoms with E-state index in [2.05, 4.69) is 10.4 Å². The van der Waals surface area contributed by atoms with Gasteiger partial charge in [0.15, 0.2) is 11.2 Å². The van der Waals surface area contributed by atoms with Crippen LogP contribution in [0.15, 0.2) is 70.0 Å². The second-order valence-electron chi connectivity index (χ2n) is 6.43. The lowest BCUT2D eigenvalue weighted by atomic mass is 10.1. The van der Waals surface area contributed by atoms with E-state index in [0.717, 1.165) is 11.1 Å². The first-order chi connectivity index (χ1) is 13.5. The van der Waals surface area contributed by atoms with Crippen LogP contribution in [-0.2, 0) is 6.54 Å². The van der Waals surface area contributed by atoms with E-state index in [9.17, 15) is 9.59 Å². The smallest absolute Gasteiger partial charge is 0.292 e. The molecule has 0 saturated carbocycles. The predicted octanol–water partition coefficient (Wildman–Crippen LogP) is 4.25. The Bertz CT molecular complexity index is 1230. The van der Waals surface area contributed by atoms with Gasteiger partial charge in [0.1, 0.15) is 11.4 Å². The summed E-state index contributed by atoms with van der Waals surface area (Å²) in [5, 5.41) is 8.08. The average Bonchev–Trinajstić information content (AvgIpc) is 3.10. The zero-order chi connectivity index (χ0) is 19.7. The molecule has 6 nitrogen and oxygen atoms in total. The number of rotatable bonds is 4. The monoisotopic (exact) mass is 393 g/mol. The number of benzene rings is 2. The largest absolute Gasteiger partial charge is 0.451 e. The highest BCUT2D eigenvalue weighted by Gasteiger charge is 2.15. The number of carbonyl (C=O) groups excluding carboxylic acids is 1. The van der Waals surface area contributed by atoms with Crippen molar-refractivity contribution in [1.29, 1.82) is 0 Å². The molecule has 0 atom stereocenters. The number of fused-ring (bicyclic) bond motifs is 1. The number of anilines is 1. The van der Waals surface area contributed by atoms with Crippen LogP contribution in [0, 0.1) is 6.92 Å². The Hall–Kier alpha value is -3.38. The van der Waals surface area contributed by atoms with Crippen LogP contribution in [0.25, 0.3) is 11.0 Å². The second-order valence-corrected chi connectivity index (χ2v) is 6.87. The van der Waals surface area contributed by atoms with Crippen LogP contribution < -0.4 is 10.7 Å². The van der Waals surface area contributed by atoms with E-state index in [-0.39, 0.29) is 11.2 Å². The van der Waals surface area contributed by atoms with Gasteiger partial charge in [-0.1, -0.05) is 35.4 Å². The minimum atomic E-state index is -0.516. The Morgan fingerprint density at radius 3 is 2.71 bits per heavy atom. The first kappa shape index (κ1) is 18.0. The minimum Gasteiger partial charge on any atom is -0.451 e. The SMILES string of the molecule is Cc1ccc2oc(C(=O)Nc3ccnn3Cc3ccc(Cl)cc3)cc(=O)c2c1. The predicted molar refractivity (Wildman–Crippen MR) is 108 cm³/mol. The molecule has 140 valence electrons. The topological polar surface area (TPSA) is 77.1 Å². The van der Waals surface area contributed by atoms with Crippen LogP contribution in [0.5, 0.6) is 0 Å². The molecule has 0 aliphatic carbocycles. The van der Waals surface area contributed by atoms with Crippen molar-refractivity contribution in [2.24, 2.45) is 0 Å². The van der Waals surface area contributed by atoms with Crippen LogP contribution in [0.3, 0.4) is 0 Å². The molecule has 4 aromatic rings. The number of hydrogen-bond donors (Lipinski definition) is 1. The first-order valence-electron chi connectivity index (χ1n) is 8.62. The van der Waals surface area contributed by atoms with Gasteiger partial charge < -0.3 is 9.73 Å². The van der Waals surface area contributed by atoms with Crippen molar-refractivity contribution in [3.63, 3.8) is 0 Å². The molecule has 0 fully saturated rings. The maximum Gasteiger partial charge on any atom is 0.292 e. The lowest BCUT2D eigenvalue weighted by Gasteiger charge is -2.09. The van der Waals surface area contributed by atoms with Gasteiger partial charge in [0, 0.05) is 17.2 Å². The molecule has 0 saturated heterocycles. The van der Waals surface area contributed by atoms with E-state index in [1.54, 1.807) is 41.2 Å². The molecule has 0 unspecified atom stereocenters. The van der Waals surface area contributed by atoms with Crippen molar-refractivity contribution in [2.75, 3.05) is 5.32 Å². The van der Waals surface area contributed by atoms with E-state index in [0.29, 0.717) is 28.4 Å². The summed E-state index contributed by atoms with van der Waals surface area (Å²) in [7, 11) is 0. The van der Waals surface area contributed by atoms with E-state index < -0.39 is 5.91 Å². The fourth-order valence-corrected chi connectivity index (χ4v) is 3.01. The van der Waals surface area contributed by atoms with Gasteiger partial charge in [-0.2, -0.15) is 5.10 Å². The molecule has 2 aromatic carbocycles. The van der Waals surface area contributed by atoms with Gasteiger partial charge in [-0.05, 0) is 36.8 Å². The summed E-state index contributed by atoms with van der Waals surface area (Å²) >= 11 is 5.91. The number of halogens is 1. The molecule has 0 radical (unpaired) electrons. The minimum absolute atomic E-state index is 0.0550. The molecule has 7 heteroatoms. The summed E-state index contributed by atoms with van der Waals surface area (Å²) in [6, 6.07) is 15.5. The summed E-state index contributed by atoms with van der Waals surface area (Å²) in [5.41, 5.74) is 2.04. The van der Waals surface area contributed by atoms with E-state index in [1.807, 2.05) is 25.1 Å².